The zero-order chi connectivity index (χ0) is 15.9. The van der Waals surface area contributed by atoms with Crippen molar-refractivity contribution in [1.82, 2.24) is 4.98 Å². The van der Waals surface area contributed by atoms with E-state index in [1.54, 1.807) is 23.1 Å². The summed E-state index contributed by atoms with van der Waals surface area (Å²) in [4.78, 5) is 28.0. The van der Waals surface area contributed by atoms with Gasteiger partial charge in [0.1, 0.15) is 17.9 Å². The Morgan fingerprint density at radius 2 is 2.27 bits per heavy atom. The molecule has 1 aromatic heterocycles. The standard InChI is InChI=1S/C14H12BrN3O4/c15-8-3-4-10-9(6-8)13(12(7-16-10)18(21)22)17-5-1-2-11(17)14(19)20/h3-4,6-7,11H,1-2,5H2,(H,19,20)/t11-/m0/s1. The summed E-state index contributed by atoms with van der Waals surface area (Å²) in [7, 11) is 0. The number of halogens is 1. The number of carboxylic acids is 1. The molecule has 1 aliphatic rings. The Balaban J connectivity index is 2.29. The number of rotatable bonds is 3. The van der Waals surface area contributed by atoms with Crippen molar-refractivity contribution in [2.75, 3.05) is 11.4 Å². The molecule has 1 aliphatic heterocycles. The minimum Gasteiger partial charge on any atom is -0.480 e. The molecule has 1 saturated heterocycles. The summed E-state index contributed by atoms with van der Waals surface area (Å²) in [5.41, 5.74) is 0.764. The van der Waals surface area contributed by atoms with Crippen LogP contribution in [0.1, 0.15) is 12.8 Å². The Morgan fingerprint density at radius 3 is 2.95 bits per heavy atom. The molecular formula is C14H12BrN3O4. The van der Waals surface area contributed by atoms with Gasteiger partial charge in [-0.15, -0.1) is 0 Å². The topological polar surface area (TPSA) is 96.6 Å². The molecule has 1 aromatic carbocycles. The fourth-order valence-electron chi connectivity index (χ4n) is 2.87. The molecule has 1 N–H and O–H groups in total. The van der Waals surface area contributed by atoms with Crippen LogP contribution in [0.25, 0.3) is 10.9 Å². The second-order valence-electron chi connectivity index (χ2n) is 5.10. The number of anilines is 1. The molecule has 0 spiro atoms. The van der Waals surface area contributed by atoms with E-state index in [0.29, 0.717) is 36.0 Å². The number of nitro groups is 1. The third kappa shape index (κ3) is 2.39. The molecule has 1 atom stereocenters. The lowest BCUT2D eigenvalue weighted by Crippen LogP contribution is -2.36. The second kappa shape index (κ2) is 5.53. The maximum atomic E-state index is 11.4. The highest BCUT2D eigenvalue weighted by Crippen LogP contribution is 2.39. The van der Waals surface area contributed by atoms with Gasteiger partial charge in [-0.3, -0.25) is 10.1 Å². The Morgan fingerprint density at radius 1 is 1.50 bits per heavy atom. The second-order valence-corrected chi connectivity index (χ2v) is 6.02. The van der Waals surface area contributed by atoms with Crippen LogP contribution in [0.15, 0.2) is 28.9 Å². The number of carbonyl (C=O) groups is 1. The first-order valence-electron chi connectivity index (χ1n) is 6.71. The maximum absolute atomic E-state index is 11.4. The molecule has 0 bridgehead atoms. The summed E-state index contributed by atoms with van der Waals surface area (Å²) in [5, 5.41) is 21.3. The van der Waals surface area contributed by atoms with Crippen molar-refractivity contribution in [3.05, 3.63) is 39.0 Å². The van der Waals surface area contributed by atoms with Crippen LogP contribution >= 0.6 is 15.9 Å². The smallest absolute Gasteiger partial charge is 0.326 e. The Kier molecular flexibility index (Phi) is 3.69. The predicted octanol–water partition coefficient (Wildman–Crippen LogP) is 2.96. The lowest BCUT2D eigenvalue weighted by Gasteiger charge is -2.24. The summed E-state index contributed by atoms with van der Waals surface area (Å²) in [6, 6.07) is 4.53. The number of benzene rings is 1. The number of pyridine rings is 1. The number of hydrogen-bond acceptors (Lipinski definition) is 5. The normalized spacial score (nSPS) is 17.9. The van der Waals surface area contributed by atoms with E-state index >= 15 is 0 Å². The molecule has 0 aliphatic carbocycles. The quantitative estimate of drug-likeness (QED) is 0.663. The number of aromatic nitrogens is 1. The van der Waals surface area contributed by atoms with E-state index in [-0.39, 0.29) is 5.69 Å². The molecule has 114 valence electrons. The first kappa shape index (κ1) is 14.7. The molecular weight excluding hydrogens is 354 g/mol. The maximum Gasteiger partial charge on any atom is 0.326 e. The first-order chi connectivity index (χ1) is 10.5. The van der Waals surface area contributed by atoms with Crippen molar-refractivity contribution in [2.45, 2.75) is 18.9 Å². The van der Waals surface area contributed by atoms with Crippen molar-refractivity contribution in [3.8, 4) is 0 Å². The molecule has 1 fully saturated rings. The summed E-state index contributed by atoms with van der Waals surface area (Å²) >= 11 is 3.35. The van der Waals surface area contributed by atoms with Crippen molar-refractivity contribution in [2.24, 2.45) is 0 Å². The highest BCUT2D eigenvalue weighted by atomic mass is 79.9. The van der Waals surface area contributed by atoms with Crippen LogP contribution < -0.4 is 4.90 Å². The third-order valence-electron chi connectivity index (χ3n) is 3.80. The molecule has 0 amide bonds. The van der Waals surface area contributed by atoms with Crippen LogP contribution in [0, 0.1) is 10.1 Å². The molecule has 22 heavy (non-hydrogen) atoms. The van der Waals surface area contributed by atoms with Crippen molar-refractivity contribution in [3.63, 3.8) is 0 Å². The van der Waals surface area contributed by atoms with Gasteiger partial charge in [0.2, 0.25) is 0 Å². The van der Waals surface area contributed by atoms with Crippen molar-refractivity contribution < 1.29 is 14.8 Å². The van der Waals surface area contributed by atoms with Crippen LogP contribution in [0.5, 0.6) is 0 Å². The van der Waals surface area contributed by atoms with Crippen LogP contribution in [-0.2, 0) is 4.79 Å². The molecule has 2 heterocycles. The average molecular weight is 366 g/mol. The van der Waals surface area contributed by atoms with Gasteiger partial charge in [0.15, 0.2) is 0 Å². The van der Waals surface area contributed by atoms with Gasteiger partial charge in [-0.1, -0.05) is 15.9 Å². The summed E-state index contributed by atoms with van der Waals surface area (Å²) < 4.78 is 0.759. The van der Waals surface area contributed by atoms with E-state index in [0.717, 1.165) is 4.47 Å². The monoisotopic (exact) mass is 365 g/mol. The average Bonchev–Trinajstić information content (AvgIpc) is 2.94. The van der Waals surface area contributed by atoms with E-state index in [4.69, 9.17) is 0 Å². The molecule has 0 saturated carbocycles. The van der Waals surface area contributed by atoms with E-state index in [1.807, 2.05) is 0 Å². The number of aliphatic carboxylic acids is 1. The lowest BCUT2D eigenvalue weighted by molar-refractivity contribution is -0.384. The molecule has 8 heteroatoms. The van der Waals surface area contributed by atoms with Crippen molar-refractivity contribution in [1.29, 1.82) is 0 Å². The summed E-state index contributed by atoms with van der Waals surface area (Å²) in [5.74, 6) is -0.966. The SMILES string of the molecule is O=C(O)[C@@H]1CCCN1c1c([N+](=O)[O-])cnc2ccc(Br)cc12. The first-order valence-corrected chi connectivity index (χ1v) is 7.50. The summed E-state index contributed by atoms with van der Waals surface area (Å²) in [6.07, 6.45) is 2.36. The summed E-state index contributed by atoms with van der Waals surface area (Å²) in [6.45, 7) is 0.476. The number of hydrogen-bond donors (Lipinski definition) is 1. The minimum atomic E-state index is -0.966. The molecule has 3 rings (SSSR count). The fraction of sp³-hybridized carbons (Fsp3) is 0.286. The minimum absolute atomic E-state index is 0.168. The molecule has 0 radical (unpaired) electrons. The van der Waals surface area contributed by atoms with Crippen LogP contribution in [0.2, 0.25) is 0 Å². The third-order valence-corrected chi connectivity index (χ3v) is 4.30. The van der Waals surface area contributed by atoms with Gasteiger partial charge in [-0.05, 0) is 31.0 Å². The van der Waals surface area contributed by atoms with E-state index in [2.05, 4.69) is 20.9 Å². The fourth-order valence-corrected chi connectivity index (χ4v) is 3.23. The molecule has 2 aromatic rings. The van der Waals surface area contributed by atoms with Crippen LogP contribution in [0.3, 0.4) is 0 Å². The number of nitrogens with zero attached hydrogens (tertiary/aromatic N) is 3. The van der Waals surface area contributed by atoms with E-state index < -0.39 is 16.9 Å². The number of carboxylic acid groups (broad SMARTS) is 1. The lowest BCUT2D eigenvalue weighted by atomic mass is 10.1. The van der Waals surface area contributed by atoms with Gasteiger partial charge < -0.3 is 10.0 Å². The van der Waals surface area contributed by atoms with Crippen molar-refractivity contribution >= 4 is 44.2 Å². The van der Waals surface area contributed by atoms with E-state index in [9.17, 15) is 20.0 Å². The highest BCUT2D eigenvalue weighted by Gasteiger charge is 2.35. The zero-order valence-electron chi connectivity index (χ0n) is 11.4. The van der Waals surface area contributed by atoms with Crippen LogP contribution in [0.4, 0.5) is 11.4 Å². The predicted molar refractivity (Wildman–Crippen MR) is 84.1 cm³/mol. The van der Waals surface area contributed by atoms with Gasteiger partial charge in [0, 0.05) is 16.4 Å². The Labute approximate surface area is 133 Å². The highest BCUT2D eigenvalue weighted by molar-refractivity contribution is 9.10. The van der Waals surface area contributed by atoms with Gasteiger partial charge in [0.05, 0.1) is 10.4 Å². The van der Waals surface area contributed by atoms with Gasteiger partial charge in [0.25, 0.3) is 0 Å². The van der Waals surface area contributed by atoms with Crippen LogP contribution in [-0.4, -0.2) is 33.6 Å². The van der Waals surface area contributed by atoms with Gasteiger partial charge in [-0.25, -0.2) is 9.78 Å². The van der Waals surface area contributed by atoms with Gasteiger partial charge in [-0.2, -0.15) is 0 Å². The Hall–Kier alpha value is -2.22. The number of fused-ring (bicyclic) bond motifs is 1. The van der Waals surface area contributed by atoms with Gasteiger partial charge >= 0.3 is 11.7 Å². The largest absolute Gasteiger partial charge is 0.480 e. The molecule has 0 unspecified atom stereocenters. The Bertz CT molecular complexity index is 780. The zero-order valence-corrected chi connectivity index (χ0v) is 13.0. The molecule has 7 nitrogen and oxygen atoms in total. The van der Waals surface area contributed by atoms with E-state index in [1.165, 1.54) is 6.20 Å².